The van der Waals surface area contributed by atoms with Crippen molar-refractivity contribution in [1.82, 2.24) is 0 Å². The molecule has 2 N–H and O–H groups in total. The van der Waals surface area contributed by atoms with Crippen molar-refractivity contribution in [2.75, 3.05) is 0 Å². The van der Waals surface area contributed by atoms with Crippen LogP contribution < -0.4 is 0 Å². The van der Waals surface area contributed by atoms with Crippen LogP contribution in [0.15, 0.2) is 36.4 Å². The van der Waals surface area contributed by atoms with Gasteiger partial charge in [-0.05, 0) is 59.4 Å². The Balaban J connectivity index is 1.85. The lowest BCUT2D eigenvalue weighted by Crippen LogP contribution is -2.25. The van der Waals surface area contributed by atoms with Gasteiger partial charge in [-0.15, -0.1) is 0 Å². The van der Waals surface area contributed by atoms with Crippen LogP contribution in [-0.2, 0) is 5.41 Å². The highest BCUT2D eigenvalue weighted by molar-refractivity contribution is 5.82. The Morgan fingerprint density at radius 1 is 0.548 bits per heavy atom. The molecule has 170 valence electrons. The molecule has 0 amide bonds. The first kappa shape index (κ1) is 23.7. The number of phenolic OH excluding ortho intramolecular Hbond substituents is 2. The summed E-state index contributed by atoms with van der Waals surface area (Å²) in [6.45, 7) is 4.53. The third-order valence-corrected chi connectivity index (χ3v) is 7.24. The van der Waals surface area contributed by atoms with Gasteiger partial charge in [-0.2, -0.15) is 0 Å². The highest BCUT2D eigenvalue weighted by Gasteiger charge is 2.42. The van der Waals surface area contributed by atoms with Gasteiger partial charge in [0.1, 0.15) is 11.5 Å². The van der Waals surface area contributed by atoms with E-state index in [1.807, 2.05) is 12.1 Å². The van der Waals surface area contributed by atoms with Crippen molar-refractivity contribution in [1.29, 1.82) is 0 Å². The van der Waals surface area contributed by atoms with Gasteiger partial charge in [0, 0.05) is 5.41 Å². The van der Waals surface area contributed by atoms with Crippen molar-refractivity contribution in [3.05, 3.63) is 47.5 Å². The normalized spacial score (nSPS) is 13.9. The van der Waals surface area contributed by atoms with Crippen LogP contribution in [-0.4, -0.2) is 10.2 Å². The van der Waals surface area contributed by atoms with Gasteiger partial charge in [-0.3, -0.25) is 0 Å². The van der Waals surface area contributed by atoms with Crippen LogP contribution in [0.5, 0.6) is 11.5 Å². The third kappa shape index (κ3) is 5.64. The molecule has 31 heavy (non-hydrogen) atoms. The van der Waals surface area contributed by atoms with Gasteiger partial charge in [0.15, 0.2) is 0 Å². The molecule has 0 aliphatic heterocycles. The molecule has 0 atom stereocenters. The van der Waals surface area contributed by atoms with Crippen LogP contribution in [0.2, 0.25) is 0 Å². The number of rotatable bonds is 14. The minimum atomic E-state index is -0.0857. The molecule has 2 aromatic rings. The highest BCUT2D eigenvalue weighted by Crippen LogP contribution is 2.55. The van der Waals surface area contributed by atoms with Crippen LogP contribution >= 0.6 is 0 Å². The molecule has 0 saturated heterocycles. The molecular weight excluding hydrogens is 380 g/mol. The van der Waals surface area contributed by atoms with Crippen LogP contribution in [0.4, 0.5) is 0 Å². The first-order valence-corrected chi connectivity index (χ1v) is 12.8. The summed E-state index contributed by atoms with van der Waals surface area (Å²) in [6, 6.07) is 11.8. The van der Waals surface area contributed by atoms with Gasteiger partial charge in [-0.1, -0.05) is 103 Å². The fourth-order valence-corrected chi connectivity index (χ4v) is 5.55. The maximum atomic E-state index is 10.4. The number of aromatic hydroxyl groups is 2. The molecule has 0 fully saturated rings. The molecule has 2 heteroatoms. The second kappa shape index (κ2) is 11.6. The summed E-state index contributed by atoms with van der Waals surface area (Å²) in [5.74, 6) is 0.706. The summed E-state index contributed by atoms with van der Waals surface area (Å²) in [7, 11) is 0. The SMILES string of the molecule is CCCCCCCCC1(CCCCCCCC)c2cc(O)ccc2-c2ccc(O)cc21. The maximum Gasteiger partial charge on any atom is 0.115 e. The quantitative estimate of drug-likeness (QED) is 0.298. The second-order valence-corrected chi connectivity index (χ2v) is 9.58. The van der Waals surface area contributed by atoms with Crippen LogP contribution in [0, 0.1) is 0 Å². The fourth-order valence-electron chi connectivity index (χ4n) is 5.55. The van der Waals surface area contributed by atoms with E-state index in [1.165, 1.54) is 99.3 Å². The zero-order valence-corrected chi connectivity index (χ0v) is 19.8. The molecule has 2 aromatic carbocycles. The van der Waals surface area contributed by atoms with Gasteiger partial charge in [0.25, 0.3) is 0 Å². The number of phenols is 2. The smallest absolute Gasteiger partial charge is 0.115 e. The van der Waals surface area contributed by atoms with E-state index in [1.54, 1.807) is 12.1 Å². The average molecular weight is 423 g/mol. The van der Waals surface area contributed by atoms with Crippen molar-refractivity contribution in [3.8, 4) is 22.6 Å². The molecule has 0 aromatic heterocycles. The van der Waals surface area contributed by atoms with Gasteiger partial charge in [0.2, 0.25) is 0 Å². The molecule has 0 heterocycles. The van der Waals surface area contributed by atoms with Gasteiger partial charge < -0.3 is 10.2 Å². The number of hydrogen-bond acceptors (Lipinski definition) is 2. The second-order valence-electron chi connectivity index (χ2n) is 9.58. The highest BCUT2D eigenvalue weighted by atomic mass is 16.3. The third-order valence-electron chi connectivity index (χ3n) is 7.24. The standard InChI is InChI=1S/C29H42O2/c1-3-5-7-9-11-13-19-29(20-14-12-10-8-6-4-2)27-21-23(30)15-17-25(27)26-18-16-24(31)22-28(26)29/h15-18,21-22,30-31H,3-14,19-20H2,1-2H3. The Morgan fingerprint density at radius 3 is 1.35 bits per heavy atom. The van der Waals surface area contributed by atoms with Gasteiger partial charge in [-0.25, -0.2) is 0 Å². The first-order valence-electron chi connectivity index (χ1n) is 12.8. The Hall–Kier alpha value is -1.96. The van der Waals surface area contributed by atoms with Crippen molar-refractivity contribution < 1.29 is 10.2 Å². The van der Waals surface area contributed by atoms with E-state index >= 15 is 0 Å². The molecule has 0 saturated carbocycles. The number of unbranched alkanes of at least 4 members (excludes halogenated alkanes) is 10. The molecular formula is C29H42O2. The summed E-state index contributed by atoms with van der Waals surface area (Å²) >= 11 is 0. The van der Waals surface area contributed by atoms with Gasteiger partial charge >= 0.3 is 0 Å². The molecule has 0 spiro atoms. The predicted octanol–water partition coefficient (Wildman–Crippen LogP) is 8.87. The molecule has 2 nitrogen and oxygen atoms in total. The van der Waals surface area contributed by atoms with E-state index in [-0.39, 0.29) is 5.41 Å². The topological polar surface area (TPSA) is 40.5 Å². The lowest BCUT2D eigenvalue weighted by atomic mass is 9.70. The zero-order valence-electron chi connectivity index (χ0n) is 19.8. The van der Waals surface area contributed by atoms with Gasteiger partial charge in [0.05, 0.1) is 0 Å². The molecule has 0 unspecified atom stereocenters. The Morgan fingerprint density at radius 2 is 0.935 bits per heavy atom. The molecule has 3 rings (SSSR count). The molecule has 0 bridgehead atoms. The summed E-state index contributed by atoms with van der Waals surface area (Å²) in [6.07, 6.45) is 17.6. The van der Waals surface area contributed by atoms with E-state index in [0.29, 0.717) is 11.5 Å². The van der Waals surface area contributed by atoms with E-state index in [4.69, 9.17) is 0 Å². The summed E-state index contributed by atoms with van der Waals surface area (Å²) < 4.78 is 0. The number of benzene rings is 2. The number of fused-ring (bicyclic) bond motifs is 3. The van der Waals surface area contributed by atoms with Crippen molar-refractivity contribution >= 4 is 0 Å². The Bertz CT molecular complexity index is 754. The van der Waals surface area contributed by atoms with Crippen LogP contribution in [0.25, 0.3) is 11.1 Å². The minimum Gasteiger partial charge on any atom is -0.508 e. The minimum absolute atomic E-state index is 0.0857. The lowest BCUT2D eigenvalue weighted by Gasteiger charge is -2.33. The summed E-state index contributed by atoms with van der Waals surface area (Å²) in [5.41, 5.74) is 4.94. The zero-order chi connectivity index (χ0) is 22.1. The molecule has 0 radical (unpaired) electrons. The number of hydrogen-bond donors (Lipinski definition) is 2. The van der Waals surface area contributed by atoms with E-state index in [2.05, 4.69) is 26.0 Å². The van der Waals surface area contributed by atoms with Crippen molar-refractivity contribution in [3.63, 3.8) is 0 Å². The van der Waals surface area contributed by atoms with Crippen molar-refractivity contribution in [2.24, 2.45) is 0 Å². The fraction of sp³-hybridized carbons (Fsp3) is 0.586. The van der Waals surface area contributed by atoms with E-state index in [9.17, 15) is 10.2 Å². The monoisotopic (exact) mass is 422 g/mol. The van der Waals surface area contributed by atoms with E-state index < -0.39 is 0 Å². The van der Waals surface area contributed by atoms with Crippen LogP contribution in [0.1, 0.15) is 115 Å². The largest absolute Gasteiger partial charge is 0.508 e. The maximum absolute atomic E-state index is 10.4. The van der Waals surface area contributed by atoms with Crippen molar-refractivity contribution in [2.45, 2.75) is 109 Å². The lowest BCUT2D eigenvalue weighted by molar-refractivity contribution is 0.393. The Labute approximate surface area is 189 Å². The van der Waals surface area contributed by atoms with E-state index in [0.717, 1.165) is 12.8 Å². The first-order chi connectivity index (χ1) is 15.1. The summed E-state index contributed by atoms with van der Waals surface area (Å²) in [4.78, 5) is 0. The molecule has 1 aliphatic carbocycles. The summed E-state index contributed by atoms with van der Waals surface area (Å²) in [5, 5.41) is 20.7. The Kier molecular flexibility index (Phi) is 8.87. The average Bonchev–Trinajstić information content (AvgIpc) is 3.02. The molecule has 1 aliphatic rings. The predicted molar refractivity (Wildman–Crippen MR) is 132 cm³/mol. The van der Waals surface area contributed by atoms with Crippen LogP contribution in [0.3, 0.4) is 0 Å².